The Kier molecular flexibility index (Phi) is 4.34. The Bertz CT molecular complexity index is 570. The number of hydrogen-bond donors (Lipinski definition) is 2. The van der Waals surface area contributed by atoms with Gasteiger partial charge in [0, 0.05) is 0 Å². The molecule has 0 radical (unpaired) electrons. The number of aromatic nitrogens is 2. The fourth-order valence-corrected chi connectivity index (χ4v) is 3.19. The van der Waals surface area contributed by atoms with Gasteiger partial charge in [0.2, 0.25) is 0 Å². The predicted octanol–water partition coefficient (Wildman–Crippen LogP) is 4.19. The van der Waals surface area contributed by atoms with Gasteiger partial charge in [0.05, 0.1) is 17.9 Å². The largest absolute Gasteiger partial charge is 0.341 e. The molecule has 112 valence electrons. The van der Waals surface area contributed by atoms with Crippen LogP contribution in [0.4, 0.5) is 4.39 Å². The van der Waals surface area contributed by atoms with Crippen molar-refractivity contribution in [3.8, 4) is 11.3 Å². The molecule has 1 saturated carbocycles. The molecule has 1 aliphatic carbocycles. The minimum atomic E-state index is -0.229. The first kappa shape index (κ1) is 14.3. The van der Waals surface area contributed by atoms with E-state index < -0.39 is 0 Å². The molecule has 1 aliphatic rings. The van der Waals surface area contributed by atoms with Crippen molar-refractivity contribution in [1.82, 2.24) is 9.97 Å². The average Bonchev–Trinajstić information content (AvgIpc) is 2.99. The Balaban J connectivity index is 1.67. The molecule has 1 aromatic heterocycles. The summed E-state index contributed by atoms with van der Waals surface area (Å²) in [4.78, 5) is 7.69. The Hall–Kier alpha value is -1.68. The first-order valence-corrected chi connectivity index (χ1v) is 7.79. The maximum atomic E-state index is 13.0. The lowest BCUT2D eigenvalue weighted by Crippen LogP contribution is -2.18. The summed E-state index contributed by atoms with van der Waals surface area (Å²) in [6.07, 6.45) is 9.38. The molecule has 1 aromatic carbocycles. The van der Waals surface area contributed by atoms with Gasteiger partial charge in [-0.1, -0.05) is 32.1 Å². The minimum Gasteiger partial charge on any atom is -0.341 e. The molecule has 1 unspecified atom stereocenters. The zero-order valence-electron chi connectivity index (χ0n) is 12.2. The molecule has 1 atom stereocenters. The van der Waals surface area contributed by atoms with Gasteiger partial charge in [0.25, 0.3) is 0 Å². The molecule has 21 heavy (non-hydrogen) atoms. The highest BCUT2D eigenvalue weighted by Crippen LogP contribution is 2.30. The summed E-state index contributed by atoms with van der Waals surface area (Å²) in [5.41, 5.74) is 8.11. The summed E-state index contributed by atoms with van der Waals surface area (Å²) < 4.78 is 13.0. The molecule has 3 rings (SSSR count). The summed E-state index contributed by atoms with van der Waals surface area (Å²) >= 11 is 0. The van der Waals surface area contributed by atoms with Crippen molar-refractivity contribution in [2.45, 2.75) is 44.6 Å². The van der Waals surface area contributed by atoms with Gasteiger partial charge >= 0.3 is 0 Å². The van der Waals surface area contributed by atoms with Gasteiger partial charge in [-0.2, -0.15) is 0 Å². The maximum absolute atomic E-state index is 13.0. The first-order chi connectivity index (χ1) is 10.2. The van der Waals surface area contributed by atoms with Crippen molar-refractivity contribution in [2.75, 3.05) is 0 Å². The van der Waals surface area contributed by atoms with Crippen molar-refractivity contribution >= 4 is 0 Å². The molecular weight excluding hydrogens is 265 g/mol. The average molecular weight is 287 g/mol. The Labute approximate surface area is 124 Å². The van der Waals surface area contributed by atoms with Crippen LogP contribution in [0, 0.1) is 11.7 Å². The zero-order valence-corrected chi connectivity index (χ0v) is 12.2. The number of halogens is 1. The fourth-order valence-electron chi connectivity index (χ4n) is 3.19. The lowest BCUT2D eigenvalue weighted by Gasteiger charge is -2.23. The van der Waals surface area contributed by atoms with E-state index in [0.717, 1.165) is 29.4 Å². The molecule has 3 nitrogen and oxygen atoms in total. The SMILES string of the molecule is NC(CC1CCCCC1)c1ncc(-c2ccc(F)cc2)[nH]1. The third-order valence-electron chi connectivity index (χ3n) is 4.41. The van der Waals surface area contributed by atoms with Crippen LogP contribution in [0.2, 0.25) is 0 Å². The van der Waals surface area contributed by atoms with Crippen molar-refractivity contribution in [2.24, 2.45) is 11.7 Å². The smallest absolute Gasteiger partial charge is 0.123 e. The molecule has 4 heteroatoms. The number of nitrogens with zero attached hydrogens (tertiary/aromatic N) is 1. The second kappa shape index (κ2) is 6.39. The third-order valence-corrected chi connectivity index (χ3v) is 4.41. The number of H-pyrrole nitrogens is 1. The van der Waals surface area contributed by atoms with E-state index in [1.807, 2.05) is 0 Å². The van der Waals surface area contributed by atoms with Crippen LogP contribution < -0.4 is 5.73 Å². The van der Waals surface area contributed by atoms with E-state index in [2.05, 4.69) is 9.97 Å². The highest BCUT2D eigenvalue weighted by molar-refractivity contribution is 5.58. The van der Waals surface area contributed by atoms with Crippen LogP contribution in [-0.2, 0) is 0 Å². The Morgan fingerprint density at radius 3 is 2.62 bits per heavy atom. The maximum Gasteiger partial charge on any atom is 0.123 e. The molecule has 0 bridgehead atoms. The standard InChI is InChI=1S/C17H22FN3/c18-14-8-6-13(7-9-14)16-11-20-17(21-16)15(19)10-12-4-2-1-3-5-12/h6-9,11-12,15H,1-5,10,19H2,(H,20,21). The highest BCUT2D eigenvalue weighted by Gasteiger charge is 2.19. The second-order valence-corrected chi connectivity index (χ2v) is 6.04. The van der Waals surface area contributed by atoms with Crippen LogP contribution in [0.1, 0.15) is 50.4 Å². The fraction of sp³-hybridized carbons (Fsp3) is 0.471. The lowest BCUT2D eigenvalue weighted by atomic mass is 9.85. The van der Waals surface area contributed by atoms with Crippen molar-refractivity contribution < 1.29 is 4.39 Å². The predicted molar refractivity (Wildman–Crippen MR) is 82.1 cm³/mol. The van der Waals surface area contributed by atoms with E-state index in [1.165, 1.54) is 44.2 Å². The van der Waals surface area contributed by atoms with Crippen molar-refractivity contribution in [3.63, 3.8) is 0 Å². The van der Waals surface area contributed by atoms with Crippen LogP contribution in [0.5, 0.6) is 0 Å². The van der Waals surface area contributed by atoms with E-state index in [0.29, 0.717) is 0 Å². The molecule has 0 saturated heterocycles. The normalized spacial score (nSPS) is 17.8. The van der Waals surface area contributed by atoms with Gasteiger partial charge < -0.3 is 10.7 Å². The van der Waals surface area contributed by atoms with E-state index in [-0.39, 0.29) is 11.9 Å². The van der Waals surface area contributed by atoms with Gasteiger partial charge in [0.1, 0.15) is 11.6 Å². The van der Waals surface area contributed by atoms with Gasteiger partial charge in [-0.3, -0.25) is 0 Å². The minimum absolute atomic E-state index is 0.0395. The molecule has 0 amide bonds. The summed E-state index contributed by atoms with van der Waals surface area (Å²) in [7, 11) is 0. The molecule has 2 aromatic rings. The third kappa shape index (κ3) is 3.50. The first-order valence-electron chi connectivity index (χ1n) is 7.79. The van der Waals surface area contributed by atoms with E-state index in [9.17, 15) is 4.39 Å². The van der Waals surface area contributed by atoms with Crippen LogP contribution in [0.25, 0.3) is 11.3 Å². The Morgan fingerprint density at radius 2 is 1.90 bits per heavy atom. The Morgan fingerprint density at radius 1 is 1.19 bits per heavy atom. The molecule has 0 spiro atoms. The number of nitrogens with two attached hydrogens (primary N) is 1. The second-order valence-electron chi connectivity index (χ2n) is 6.04. The molecule has 1 fully saturated rings. The number of rotatable bonds is 4. The zero-order chi connectivity index (χ0) is 14.7. The van der Waals surface area contributed by atoms with E-state index in [4.69, 9.17) is 5.73 Å². The van der Waals surface area contributed by atoms with Crippen molar-refractivity contribution in [3.05, 3.63) is 42.1 Å². The van der Waals surface area contributed by atoms with Crippen LogP contribution in [0.3, 0.4) is 0 Å². The highest BCUT2D eigenvalue weighted by atomic mass is 19.1. The number of imidazole rings is 1. The van der Waals surface area contributed by atoms with Gasteiger partial charge in [-0.05, 0) is 42.2 Å². The summed E-state index contributed by atoms with van der Waals surface area (Å²) in [5, 5.41) is 0. The summed E-state index contributed by atoms with van der Waals surface area (Å²) in [6.45, 7) is 0. The summed E-state index contributed by atoms with van der Waals surface area (Å²) in [6, 6.07) is 6.37. The molecular formula is C17H22FN3. The van der Waals surface area contributed by atoms with Crippen molar-refractivity contribution in [1.29, 1.82) is 0 Å². The summed E-state index contributed by atoms with van der Waals surface area (Å²) in [5.74, 6) is 1.33. The van der Waals surface area contributed by atoms with Crippen LogP contribution in [0.15, 0.2) is 30.5 Å². The van der Waals surface area contributed by atoms with E-state index in [1.54, 1.807) is 18.3 Å². The van der Waals surface area contributed by atoms with Crippen LogP contribution in [-0.4, -0.2) is 9.97 Å². The number of benzene rings is 1. The topological polar surface area (TPSA) is 54.7 Å². The number of aromatic amines is 1. The molecule has 3 N–H and O–H groups in total. The van der Waals surface area contributed by atoms with Crippen LogP contribution >= 0.6 is 0 Å². The number of hydrogen-bond acceptors (Lipinski definition) is 2. The number of nitrogens with one attached hydrogen (secondary N) is 1. The van der Waals surface area contributed by atoms with Gasteiger partial charge in [0.15, 0.2) is 0 Å². The lowest BCUT2D eigenvalue weighted by molar-refractivity contribution is 0.316. The van der Waals surface area contributed by atoms with Gasteiger partial charge in [-0.15, -0.1) is 0 Å². The monoisotopic (exact) mass is 287 g/mol. The van der Waals surface area contributed by atoms with E-state index >= 15 is 0 Å². The molecule has 0 aliphatic heterocycles. The quantitative estimate of drug-likeness (QED) is 0.886. The molecule has 1 heterocycles. The van der Waals surface area contributed by atoms with Gasteiger partial charge in [-0.25, -0.2) is 9.37 Å².